The van der Waals surface area contributed by atoms with Gasteiger partial charge in [0.2, 0.25) is 13.7 Å². The number of unbranched alkanes of at least 4 members (excludes halogenated alkanes) is 2. The highest BCUT2D eigenvalue weighted by Gasteiger charge is 2.03. The lowest BCUT2D eigenvalue weighted by Gasteiger charge is -2.10. The second-order valence-corrected chi connectivity index (χ2v) is 2.95. The second-order valence-electron chi connectivity index (χ2n) is 2.95. The Bertz CT molecular complexity index is 166. The lowest BCUT2D eigenvalue weighted by Crippen LogP contribution is -2.13. The van der Waals surface area contributed by atoms with E-state index in [-0.39, 0.29) is 6.10 Å². The number of allylic oxidation sites excluding steroid dienone is 1. The van der Waals surface area contributed by atoms with Crippen molar-refractivity contribution in [3.05, 3.63) is 12.2 Å². The van der Waals surface area contributed by atoms with E-state index >= 15 is 0 Å². The van der Waals surface area contributed by atoms with Crippen molar-refractivity contribution in [1.29, 1.82) is 0 Å². The number of carbonyl (C=O) groups is 1. The third-order valence-electron chi connectivity index (χ3n) is 1.74. The van der Waals surface area contributed by atoms with Gasteiger partial charge < -0.3 is 4.74 Å². The molecule has 0 amide bonds. The van der Waals surface area contributed by atoms with Gasteiger partial charge in [0.05, 0.1) is 0 Å². The van der Waals surface area contributed by atoms with Gasteiger partial charge in [0.15, 0.2) is 0 Å². The molecule has 0 fully saturated rings. The van der Waals surface area contributed by atoms with Crippen LogP contribution in [0.1, 0.15) is 39.5 Å². The molecule has 0 aromatic carbocycles. The van der Waals surface area contributed by atoms with Crippen molar-refractivity contribution in [3.63, 3.8) is 0 Å². The number of rotatable bonds is 6. The molecule has 1 unspecified atom stereocenters. The lowest BCUT2D eigenvalue weighted by atomic mass is 10.1. The van der Waals surface area contributed by atoms with Gasteiger partial charge in [-0.15, -0.1) is 0 Å². The van der Waals surface area contributed by atoms with Gasteiger partial charge in [-0.1, -0.05) is 32.8 Å². The molecule has 0 aromatic rings. The second kappa shape index (κ2) is 7.90. The molecule has 1 atom stereocenters. The Morgan fingerprint density at radius 1 is 1.54 bits per heavy atom. The summed E-state index contributed by atoms with van der Waals surface area (Å²) in [5.41, 5.74) is 0. The third kappa shape index (κ3) is 7.63. The molecule has 0 saturated heterocycles. The summed E-state index contributed by atoms with van der Waals surface area (Å²) in [5.74, 6) is -0.702. The number of hydrogen-bond donors (Lipinski definition) is 0. The molecule has 0 aromatic heterocycles. The number of ether oxygens (including phenoxy) is 1. The van der Waals surface area contributed by atoms with Gasteiger partial charge in [-0.05, 0) is 18.9 Å². The van der Waals surface area contributed by atoms with E-state index in [1.807, 2.05) is 19.1 Å². The summed E-state index contributed by atoms with van der Waals surface area (Å²) >= 11 is 0. The van der Waals surface area contributed by atoms with Gasteiger partial charge in [0.1, 0.15) is 6.10 Å². The van der Waals surface area contributed by atoms with E-state index in [0.29, 0.717) is 0 Å². The summed E-state index contributed by atoms with van der Waals surface area (Å²) in [5, 5.41) is 0. The fraction of sp³-hybridized carbons (Fsp3) is 0.700. The fourth-order valence-electron chi connectivity index (χ4n) is 0.978. The van der Waals surface area contributed by atoms with Gasteiger partial charge >= 0.3 is 0 Å². The van der Waals surface area contributed by atoms with Gasteiger partial charge in [0, 0.05) is 0 Å². The van der Waals surface area contributed by atoms with Crippen molar-refractivity contribution < 1.29 is 9.53 Å². The first kappa shape index (κ1) is 12.3. The van der Waals surface area contributed by atoms with Crippen molar-refractivity contribution >= 4 is 13.7 Å². The van der Waals surface area contributed by atoms with E-state index < -0.39 is 5.87 Å². The first-order valence-electron chi connectivity index (χ1n) is 4.83. The molecule has 13 heavy (non-hydrogen) atoms. The zero-order valence-electron chi connectivity index (χ0n) is 8.45. The quantitative estimate of drug-likeness (QED) is 0.357. The van der Waals surface area contributed by atoms with E-state index in [0.717, 1.165) is 12.8 Å². The topological polar surface area (TPSA) is 26.3 Å². The number of carbonyl (C=O) groups excluding carboxylic acids is 1. The average Bonchev–Trinajstić information content (AvgIpc) is 2.09. The van der Waals surface area contributed by atoms with Crippen molar-refractivity contribution in [1.82, 2.24) is 0 Å². The minimum Gasteiger partial charge on any atom is -0.467 e. The van der Waals surface area contributed by atoms with Crippen LogP contribution in [0.3, 0.4) is 0 Å². The Labute approximate surface area is 81.8 Å². The lowest BCUT2D eigenvalue weighted by molar-refractivity contribution is 0.143. The minimum absolute atomic E-state index is 0.158. The maximum Gasteiger partial charge on any atom is 0.236 e. The van der Waals surface area contributed by atoms with Crippen LogP contribution in [0.5, 0.6) is 0 Å². The molecule has 72 valence electrons. The highest BCUT2D eigenvalue weighted by molar-refractivity contribution is 6.55. The molecule has 0 aliphatic rings. The first-order chi connectivity index (χ1) is 6.20. The predicted molar refractivity (Wildman–Crippen MR) is 55.0 cm³/mol. The molecular formula is C10H17BO2. The highest BCUT2D eigenvalue weighted by atomic mass is 16.5. The molecular weight excluding hydrogens is 163 g/mol. The third-order valence-corrected chi connectivity index (χ3v) is 1.74. The average molecular weight is 180 g/mol. The highest BCUT2D eigenvalue weighted by Crippen LogP contribution is 2.03. The van der Waals surface area contributed by atoms with Crippen LogP contribution in [0.25, 0.3) is 0 Å². The van der Waals surface area contributed by atoms with Crippen LogP contribution < -0.4 is 0 Å². The summed E-state index contributed by atoms with van der Waals surface area (Å²) in [6.07, 6.45) is 7.94. The standard InChI is InChI=1S/C10H17BO2/c1-3-5-6-7-8-9(4-2)13-10(11)12/h7-9H,3-6H2,1-2H3/b8-7+. The van der Waals surface area contributed by atoms with Gasteiger partial charge in [-0.3, -0.25) is 4.79 Å². The van der Waals surface area contributed by atoms with Crippen LogP contribution in [-0.4, -0.2) is 19.8 Å². The van der Waals surface area contributed by atoms with Crippen LogP contribution in [0.4, 0.5) is 4.79 Å². The summed E-state index contributed by atoms with van der Waals surface area (Å²) in [7, 11) is 4.90. The van der Waals surface area contributed by atoms with Crippen LogP contribution in [0, 0.1) is 0 Å². The summed E-state index contributed by atoms with van der Waals surface area (Å²) in [6, 6.07) is 0. The van der Waals surface area contributed by atoms with E-state index in [4.69, 9.17) is 12.6 Å². The monoisotopic (exact) mass is 180 g/mol. The van der Waals surface area contributed by atoms with Crippen molar-refractivity contribution in [2.24, 2.45) is 0 Å². The zero-order chi connectivity index (χ0) is 10.1. The molecule has 0 N–H and O–H groups in total. The Hall–Kier alpha value is -0.725. The van der Waals surface area contributed by atoms with Crippen LogP contribution in [-0.2, 0) is 4.74 Å². The van der Waals surface area contributed by atoms with Gasteiger partial charge in [-0.2, -0.15) is 0 Å². The molecule has 0 aliphatic heterocycles. The van der Waals surface area contributed by atoms with Crippen molar-refractivity contribution in [2.45, 2.75) is 45.6 Å². The smallest absolute Gasteiger partial charge is 0.236 e. The molecule has 0 bridgehead atoms. The zero-order valence-corrected chi connectivity index (χ0v) is 8.45. The number of hydrogen-bond acceptors (Lipinski definition) is 2. The SMILES string of the molecule is [B]C(=O)OC(/C=C/CCCC)CC. The molecule has 0 rings (SSSR count). The largest absolute Gasteiger partial charge is 0.467 e. The van der Waals surface area contributed by atoms with Gasteiger partial charge in [0.25, 0.3) is 0 Å². The van der Waals surface area contributed by atoms with Crippen molar-refractivity contribution in [2.75, 3.05) is 0 Å². The fourth-order valence-corrected chi connectivity index (χ4v) is 0.978. The van der Waals surface area contributed by atoms with Crippen LogP contribution in [0.15, 0.2) is 12.2 Å². The maximum absolute atomic E-state index is 10.4. The van der Waals surface area contributed by atoms with Gasteiger partial charge in [-0.25, -0.2) is 0 Å². The summed E-state index contributed by atoms with van der Waals surface area (Å²) < 4.78 is 4.83. The molecule has 0 spiro atoms. The van der Waals surface area contributed by atoms with Crippen LogP contribution in [0.2, 0.25) is 0 Å². The Morgan fingerprint density at radius 3 is 2.69 bits per heavy atom. The first-order valence-corrected chi connectivity index (χ1v) is 4.83. The predicted octanol–water partition coefficient (Wildman–Crippen LogP) is 2.82. The van der Waals surface area contributed by atoms with E-state index in [1.54, 1.807) is 0 Å². The van der Waals surface area contributed by atoms with E-state index in [9.17, 15) is 4.79 Å². The summed E-state index contributed by atoms with van der Waals surface area (Å²) in [4.78, 5) is 10.4. The molecule has 0 saturated carbocycles. The minimum atomic E-state index is -0.702. The Morgan fingerprint density at radius 2 is 2.23 bits per heavy atom. The molecule has 3 heteroatoms. The molecule has 0 aliphatic carbocycles. The summed E-state index contributed by atoms with van der Waals surface area (Å²) in [6.45, 7) is 4.10. The normalized spacial score (nSPS) is 13.1. The maximum atomic E-state index is 10.4. The molecule has 2 radical (unpaired) electrons. The molecule has 2 nitrogen and oxygen atoms in total. The van der Waals surface area contributed by atoms with Crippen molar-refractivity contribution in [3.8, 4) is 0 Å². The molecule has 0 heterocycles. The Kier molecular flexibility index (Phi) is 7.46. The van der Waals surface area contributed by atoms with Crippen LogP contribution >= 0.6 is 0 Å². The Balaban J connectivity index is 3.69. The van der Waals surface area contributed by atoms with E-state index in [2.05, 4.69) is 6.92 Å². The van der Waals surface area contributed by atoms with E-state index in [1.165, 1.54) is 12.8 Å².